The monoisotopic (exact) mass is 579 g/mol. The van der Waals surface area contributed by atoms with Crippen molar-refractivity contribution in [2.45, 2.75) is 69.8 Å². The van der Waals surface area contributed by atoms with Crippen molar-refractivity contribution in [1.82, 2.24) is 5.32 Å². The summed E-state index contributed by atoms with van der Waals surface area (Å²) < 4.78 is 17.6. The molecule has 0 radical (unpaired) electrons. The van der Waals surface area contributed by atoms with Gasteiger partial charge in [-0.15, -0.1) is 0 Å². The summed E-state index contributed by atoms with van der Waals surface area (Å²) >= 11 is 3.60. The van der Waals surface area contributed by atoms with Gasteiger partial charge in [-0.2, -0.15) is 0 Å². The van der Waals surface area contributed by atoms with Crippen LogP contribution in [0, 0.1) is 0 Å². The van der Waals surface area contributed by atoms with Crippen LogP contribution in [0.3, 0.4) is 0 Å². The lowest BCUT2D eigenvalue weighted by Crippen LogP contribution is -2.37. The second-order valence-corrected chi connectivity index (χ2v) is 11.2. The lowest BCUT2D eigenvalue weighted by molar-refractivity contribution is -0.146. The number of benzene rings is 2. The lowest BCUT2D eigenvalue weighted by Gasteiger charge is -2.37. The third-order valence-corrected chi connectivity index (χ3v) is 8.59. The quantitative estimate of drug-likeness (QED) is 0.384. The fraction of sp³-hybridized carbons (Fsp3) is 0.419. The molecular formula is C31H34BrNO5. The Morgan fingerprint density at radius 2 is 1.66 bits per heavy atom. The van der Waals surface area contributed by atoms with E-state index in [1.54, 1.807) is 14.2 Å². The number of halogens is 1. The topological polar surface area (TPSA) is 73.9 Å². The number of allylic oxidation sites excluding steroid dienone is 3. The highest BCUT2D eigenvalue weighted by atomic mass is 79.9. The molecule has 3 aliphatic rings. The van der Waals surface area contributed by atoms with Gasteiger partial charge in [0.25, 0.3) is 0 Å². The summed E-state index contributed by atoms with van der Waals surface area (Å²) in [4.78, 5) is 27.6. The Balaban J connectivity index is 1.53. The van der Waals surface area contributed by atoms with Gasteiger partial charge in [-0.25, -0.2) is 4.79 Å². The van der Waals surface area contributed by atoms with Crippen molar-refractivity contribution >= 4 is 27.7 Å². The van der Waals surface area contributed by atoms with Gasteiger partial charge >= 0.3 is 5.97 Å². The Kier molecular flexibility index (Phi) is 7.93. The summed E-state index contributed by atoms with van der Waals surface area (Å²) in [7, 11) is 3.26. The molecule has 6 nitrogen and oxygen atoms in total. The minimum Gasteiger partial charge on any atom is -0.497 e. The van der Waals surface area contributed by atoms with Crippen LogP contribution < -0.4 is 14.8 Å². The minimum atomic E-state index is -0.506. The van der Waals surface area contributed by atoms with Crippen molar-refractivity contribution in [1.29, 1.82) is 0 Å². The highest BCUT2D eigenvalue weighted by Gasteiger charge is 2.42. The highest BCUT2D eigenvalue weighted by molar-refractivity contribution is 9.10. The molecule has 2 aliphatic carbocycles. The molecule has 1 heterocycles. The van der Waals surface area contributed by atoms with Crippen molar-refractivity contribution < 1.29 is 23.8 Å². The molecule has 1 fully saturated rings. The van der Waals surface area contributed by atoms with Gasteiger partial charge in [-0.3, -0.25) is 4.79 Å². The first kappa shape index (κ1) is 26.5. The molecule has 2 aromatic rings. The number of carbonyl (C=O) groups excluding carboxylic acids is 2. The van der Waals surface area contributed by atoms with Gasteiger partial charge in [-0.05, 0) is 96.3 Å². The molecule has 0 unspecified atom stereocenters. The minimum absolute atomic E-state index is 0.0476. The van der Waals surface area contributed by atoms with E-state index in [-0.39, 0.29) is 23.8 Å². The number of rotatable bonds is 6. The molecule has 2 atom stereocenters. The van der Waals surface area contributed by atoms with E-state index in [9.17, 15) is 9.59 Å². The first-order chi connectivity index (χ1) is 18.4. The smallest absolute Gasteiger partial charge is 0.337 e. The summed E-state index contributed by atoms with van der Waals surface area (Å²) in [5.74, 6) is 0.734. The molecule has 0 aromatic heterocycles. The maximum atomic E-state index is 13.9. The van der Waals surface area contributed by atoms with Crippen LogP contribution in [0.25, 0.3) is 0 Å². The maximum absolute atomic E-state index is 13.9. The molecule has 1 saturated carbocycles. The zero-order valence-electron chi connectivity index (χ0n) is 22.1. The van der Waals surface area contributed by atoms with Crippen molar-refractivity contribution in [3.05, 3.63) is 80.6 Å². The molecule has 0 bridgehead atoms. The summed E-state index contributed by atoms with van der Waals surface area (Å²) in [6, 6.07) is 13.7. The number of dihydropyridines is 1. The van der Waals surface area contributed by atoms with Crippen LogP contribution in [0.4, 0.5) is 0 Å². The number of esters is 1. The fourth-order valence-electron chi connectivity index (χ4n) is 6.01. The van der Waals surface area contributed by atoms with Gasteiger partial charge in [0, 0.05) is 29.3 Å². The van der Waals surface area contributed by atoms with Crippen molar-refractivity contribution in [2.24, 2.45) is 0 Å². The lowest BCUT2D eigenvalue weighted by atomic mass is 9.71. The molecule has 1 N–H and O–H groups in total. The zero-order chi connectivity index (χ0) is 26.8. The fourth-order valence-corrected chi connectivity index (χ4v) is 6.57. The maximum Gasteiger partial charge on any atom is 0.337 e. The number of hydrogen-bond acceptors (Lipinski definition) is 6. The molecule has 5 rings (SSSR count). The predicted molar refractivity (Wildman–Crippen MR) is 149 cm³/mol. The Morgan fingerprint density at radius 3 is 2.32 bits per heavy atom. The van der Waals surface area contributed by atoms with Crippen LogP contribution in [-0.2, 0) is 14.3 Å². The Labute approximate surface area is 232 Å². The third-order valence-electron chi connectivity index (χ3n) is 7.97. The third kappa shape index (κ3) is 5.26. The molecule has 7 heteroatoms. The summed E-state index contributed by atoms with van der Waals surface area (Å²) in [5.41, 5.74) is 4.75. The number of ether oxygens (including phenoxy) is 3. The first-order valence-electron chi connectivity index (χ1n) is 13.3. The summed E-state index contributed by atoms with van der Waals surface area (Å²) in [6.45, 7) is 1.91. The van der Waals surface area contributed by atoms with Crippen molar-refractivity contribution in [3.63, 3.8) is 0 Å². The van der Waals surface area contributed by atoms with Gasteiger partial charge < -0.3 is 19.5 Å². The second-order valence-electron chi connectivity index (χ2n) is 10.3. The zero-order valence-corrected chi connectivity index (χ0v) is 23.7. The average Bonchev–Trinajstić information content (AvgIpc) is 2.92. The van der Waals surface area contributed by atoms with Gasteiger partial charge in [0.1, 0.15) is 17.6 Å². The number of hydrogen-bond donors (Lipinski definition) is 1. The van der Waals surface area contributed by atoms with E-state index in [0.29, 0.717) is 29.7 Å². The van der Waals surface area contributed by atoms with E-state index in [1.807, 2.05) is 49.4 Å². The highest BCUT2D eigenvalue weighted by Crippen LogP contribution is 2.47. The van der Waals surface area contributed by atoms with Gasteiger partial charge in [0.2, 0.25) is 0 Å². The molecular weight excluding hydrogens is 546 g/mol. The van der Waals surface area contributed by atoms with Crippen LogP contribution in [0.15, 0.2) is 69.5 Å². The normalized spacial score (nSPS) is 22.1. The molecule has 38 heavy (non-hydrogen) atoms. The second kappa shape index (κ2) is 11.4. The van der Waals surface area contributed by atoms with E-state index in [0.717, 1.165) is 58.4 Å². The Hall–Kier alpha value is -3.06. The molecule has 0 spiro atoms. The molecule has 200 valence electrons. The SMILES string of the molecule is COc1ccc([C@@H]2CC(=O)C3=C(C2)NC(C)=C(C(=O)OC2CCCCC2)[C@H]3c2ccc(OC)c(Br)c2)cc1. The van der Waals surface area contributed by atoms with Gasteiger partial charge in [0.05, 0.1) is 24.3 Å². The standard InChI is InChI=1S/C31H34BrNO5/c1-18-28(31(35)38-23-7-5-4-6-8-23)29(20-11-14-27(37-3)24(32)15-20)30-25(33-18)16-21(17-26(30)34)19-9-12-22(36-2)13-10-19/h9-15,21,23,29,33H,4-8,16-17H2,1-3H3/t21-,29+/m0/s1. The van der Waals surface area contributed by atoms with Gasteiger partial charge in [-0.1, -0.05) is 24.6 Å². The van der Waals surface area contributed by atoms with Crippen molar-refractivity contribution in [2.75, 3.05) is 14.2 Å². The first-order valence-corrected chi connectivity index (χ1v) is 14.1. The number of nitrogens with one attached hydrogen (secondary N) is 1. The van der Waals surface area contributed by atoms with Crippen LogP contribution in [0.5, 0.6) is 11.5 Å². The Morgan fingerprint density at radius 1 is 0.947 bits per heavy atom. The van der Waals surface area contributed by atoms with Gasteiger partial charge in [0.15, 0.2) is 5.78 Å². The van der Waals surface area contributed by atoms with Crippen LogP contribution in [-0.4, -0.2) is 32.1 Å². The predicted octanol–water partition coefficient (Wildman–Crippen LogP) is 6.70. The number of methoxy groups -OCH3 is 2. The van der Waals surface area contributed by atoms with Crippen LogP contribution in [0.2, 0.25) is 0 Å². The van der Waals surface area contributed by atoms with Crippen LogP contribution >= 0.6 is 15.9 Å². The molecule has 0 saturated heterocycles. The molecule has 1 aliphatic heterocycles. The summed E-state index contributed by atoms with van der Waals surface area (Å²) in [6.07, 6.45) is 6.10. The number of ketones is 1. The van der Waals surface area contributed by atoms with E-state index >= 15 is 0 Å². The summed E-state index contributed by atoms with van der Waals surface area (Å²) in [5, 5.41) is 3.45. The van der Waals surface area contributed by atoms with E-state index in [4.69, 9.17) is 14.2 Å². The molecule has 0 amide bonds. The van der Waals surface area contributed by atoms with E-state index in [1.165, 1.54) is 6.42 Å². The van der Waals surface area contributed by atoms with E-state index < -0.39 is 5.92 Å². The van der Waals surface area contributed by atoms with Crippen molar-refractivity contribution in [3.8, 4) is 11.5 Å². The number of Topliss-reactive ketones (excluding diaryl/α,β-unsaturated/α-hetero) is 1. The van der Waals surface area contributed by atoms with Crippen LogP contribution in [0.1, 0.15) is 74.8 Å². The van der Waals surface area contributed by atoms with E-state index in [2.05, 4.69) is 21.2 Å². The molecule has 2 aromatic carbocycles. The largest absolute Gasteiger partial charge is 0.497 e. The average molecular weight is 581 g/mol. The number of carbonyl (C=O) groups is 2. The Bertz CT molecular complexity index is 1290.